The number of nitrogens with one attached hydrogen (secondary N) is 1. The SMILES string of the molecule is Cc1nc(C)c(-c2csc(Nc3ccc(C(=O)N4CC=C(c5cnc(C(F)(F)F)cn5)CC4)cn3)n2)s1. The van der Waals surface area contributed by atoms with E-state index < -0.39 is 11.9 Å². The minimum atomic E-state index is -4.53. The number of carbonyl (C=O) groups excluding carboxylic acids is 1. The minimum absolute atomic E-state index is 0.180. The zero-order valence-corrected chi connectivity index (χ0v) is 21.3. The third kappa shape index (κ3) is 5.52. The molecule has 1 aliphatic rings. The van der Waals surface area contributed by atoms with Gasteiger partial charge < -0.3 is 10.2 Å². The number of nitrogens with zero attached hydrogens (tertiary/aromatic N) is 6. The number of hydrogen-bond acceptors (Lipinski definition) is 9. The van der Waals surface area contributed by atoms with Crippen molar-refractivity contribution >= 4 is 45.1 Å². The summed E-state index contributed by atoms with van der Waals surface area (Å²) in [6, 6.07) is 3.42. The van der Waals surface area contributed by atoms with Crippen LogP contribution in [0, 0.1) is 13.8 Å². The van der Waals surface area contributed by atoms with Crippen molar-refractivity contribution in [3.05, 3.63) is 69.8 Å². The van der Waals surface area contributed by atoms with Crippen molar-refractivity contribution in [2.24, 2.45) is 0 Å². The van der Waals surface area contributed by atoms with Crippen molar-refractivity contribution in [3.63, 3.8) is 0 Å². The Morgan fingerprint density at radius 2 is 1.89 bits per heavy atom. The second-order valence-corrected chi connectivity index (χ2v) is 10.3. The molecule has 0 aliphatic carbocycles. The Bertz CT molecular complexity index is 1460. The molecule has 1 amide bonds. The zero-order valence-electron chi connectivity index (χ0n) is 19.7. The number of carbonyl (C=O) groups is 1. The Kier molecular flexibility index (Phi) is 6.73. The van der Waals surface area contributed by atoms with Crippen LogP contribution in [0.2, 0.25) is 0 Å². The van der Waals surface area contributed by atoms with E-state index in [1.165, 1.54) is 17.5 Å². The molecule has 1 aliphatic heterocycles. The van der Waals surface area contributed by atoms with Crippen LogP contribution in [0.25, 0.3) is 16.1 Å². The lowest BCUT2D eigenvalue weighted by Crippen LogP contribution is -2.34. The van der Waals surface area contributed by atoms with E-state index in [1.807, 2.05) is 19.2 Å². The highest BCUT2D eigenvalue weighted by Crippen LogP contribution is 2.33. The number of rotatable bonds is 5. The van der Waals surface area contributed by atoms with Crippen LogP contribution in [0.5, 0.6) is 0 Å². The van der Waals surface area contributed by atoms with E-state index in [2.05, 4.69) is 30.2 Å². The van der Waals surface area contributed by atoms with Crippen LogP contribution in [0.3, 0.4) is 0 Å². The second kappa shape index (κ2) is 9.98. The first-order chi connectivity index (χ1) is 17.7. The molecule has 4 aromatic rings. The summed E-state index contributed by atoms with van der Waals surface area (Å²) in [6.07, 6.45) is 1.07. The van der Waals surface area contributed by atoms with E-state index in [1.54, 1.807) is 34.4 Å². The molecule has 0 radical (unpaired) electrons. The first-order valence-electron chi connectivity index (χ1n) is 11.2. The largest absolute Gasteiger partial charge is 0.434 e. The fourth-order valence-electron chi connectivity index (χ4n) is 3.82. The number of pyridine rings is 1. The van der Waals surface area contributed by atoms with Crippen molar-refractivity contribution in [2.45, 2.75) is 26.4 Å². The molecule has 13 heteroatoms. The first-order valence-corrected chi connectivity index (χ1v) is 12.9. The fourth-order valence-corrected chi connectivity index (χ4v) is 5.48. The molecule has 0 unspecified atom stereocenters. The van der Waals surface area contributed by atoms with Crippen LogP contribution in [0.1, 0.15) is 38.9 Å². The molecule has 0 spiro atoms. The van der Waals surface area contributed by atoms with E-state index in [4.69, 9.17) is 0 Å². The molecule has 0 aromatic carbocycles. The molecular formula is C24H20F3N7OS2. The number of thiazole rings is 2. The summed E-state index contributed by atoms with van der Waals surface area (Å²) in [6.45, 7) is 4.65. The van der Waals surface area contributed by atoms with Crippen LogP contribution < -0.4 is 5.32 Å². The predicted molar refractivity (Wildman–Crippen MR) is 136 cm³/mol. The number of aromatic nitrogens is 5. The highest BCUT2D eigenvalue weighted by molar-refractivity contribution is 7.16. The highest BCUT2D eigenvalue weighted by atomic mass is 32.1. The molecule has 5 rings (SSSR count). The Morgan fingerprint density at radius 1 is 1.05 bits per heavy atom. The van der Waals surface area contributed by atoms with Gasteiger partial charge in [-0.15, -0.1) is 22.7 Å². The number of hydrogen-bond donors (Lipinski definition) is 1. The van der Waals surface area contributed by atoms with Crippen LogP contribution in [0.4, 0.5) is 24.1 Å². The lowest BCUT2D eigenvalue weighted by Gasteiger charge is -2.26. The summed E-state index contributed by atoms with van der Waals surface area (Å²) < 4.78 is 38.1. The van der Waals surface area contributed by atoms with Crippen LogP contribution >= 0.6 is 22.7 Å². The summed E-state index contributed by atoms with van der Waals surface area (Å²) in [5.41, 5.74) is 2.36. The van der Waals surface area contributed by atoms with Crippen molar-refractivity contribution in [3.8, 4) is 10.6 Å². The summed E-state index contributed by atoms with van der Waals surface area (Å²) in [4.78, 5) is 36.4. The lowest BCUT2D eigenvalue weighted by atomic mass is 10.0. The number of amides is 1. The van der Waals surface area contributed by atoms with Crippen LogP contribution in [-0.4, -0.2) is 48.8 Å². The second-order valence-electron chi connectivity index (χ2n) is 8.26. The molecule has 0 fully saturated rings. The molecule has 4 aromatic heterocycles. The molecule has 37 heavy (non-hydrogen) atoms. The fraction of sp³-hybridized carbons (Fsp3) is 0.250. The average molecular weight is 544 g/mol. The number of alkyl halides is 3. The molecule has 0 saturated carbocycles. The van der Waals surface area contributed by atoms with Gasteiger partial charge in [-0.25, -0.2) is 19.9 Å². The number of aryl methyl sites for hydroxylation is 2. The van der Waals surface area contributed by atoms with Gasteiger partial charge in [0.25, 0.3) is 5.91 Å². The third-order valence-electron chi connectivity index (χ3n) is 5.65. The third-order valence-corrected chi connectivity index (χ3v) is 7.51. The van der Waals surface area contributed by atoms with Crippen molar-refractivity contribution in [1.82, 2.24) is 29.8 Å². The van der Waals surface area contributed by atoms with Crippen molar-refractivity contribution < 1.29 is 18.0 Å². The predicted octanol–water partition coefficient (Wildman–Crippen LogP) is 5.76. The van der Waals surface area contributed by atoms with Gasteiger partial charge in [0, 0.05) is 24.7 Å². The first kappa shape index (κ1) is 25.0. The Balaban J connectivity index is 1.20. The van der Waals surface area contributed by atoms with Gasteiger partial charge in [-0.3, -0.25) is 9.78 Å². The summed E-state index contributed by atoms with van der Waals surface area (Å²) in [7, 11) is 0. The molecule has 0 atom stereocenters. The van der Waals surface area contributed by atoms with E-state index in [0.29, 0.717) is 41.7 Å². The molecule has 190 valence electrons. The van der Waals surface area contributed by atoms with Gasteiger partial charge in [0.1, 0.15) is 5.82 Å². The normalized spacial score (nSPS) is 14.0. The quantitative estimate of drug-likeness (QED) is 0.342. The van der Waals surface area contributed by atoms with E-state index >= 15 is 0 Å². The maximum absolute atomic E-state index is 12.9. The van der Waals surface area contributed by atoms with Crippen LogP contribution in [0.15, 0.2) is 42.2 Å². The van der Waals surface area contributed by atoms with E-state index in [0.717, 1.165) is 39.2 Å². The minimum Gasteiger partial charge on any atom is -0.335 e. The number of halogens is 3. The van der Waals surface area contributed by atoms with Gasteiger partial charge in [-0.1, -0.05) is 6.08 Å². The topological polar surface area (TPSA) is 96.8 Å². The maximum atomic E-state index is 12.9. The summed E-state index contributed by atoms with van der Waals surface area (Å²) in [5, 5.41) is 6.81. The van der Waals surface area contributed by atoms with Gasteiger partial charge >= 0.3 is 6.18 Å². The summed E-state index contributed by atoms with van der Waals surface area (Å²) >= 11 is 3.06. The average Bonchev–Trinajstić information content (AvgIpc) is 3.48. The maximum Gasteiger partial charge on any atom is 0.434 e. The Morgan fingerprint density at radius 3 is 2.49 bits per heavy atom. The van der Waals surface area contributed by atoms with Gasteiger partial charge in [0.2, 0.25) is 0 Å². The molecule has 0 bridgehead atoms. The molecule has 5 heterocycles. The molecule has 0 saturated heterocycles. The summed E-state index contributed by atoms with van der Waals surface area (Å²) in [5.74, 6) is 0.386. The lowest BCUT2D eigenvalue weighted by molar-refractivity contribution is -0.141. The van der Waals surface area contributed by atoms with Crippen LogP contribution in [-0.2, 0) is 6.18 Å². The Labute approximate surface area is 218 Å². The van der Waals surface area contributed by atoms with E-state index in [9.17, 15) is 18.0 Å². The molecule has 8 nitrogen and oxygen atoms in total. The molecule has 1 N–H and O–H groups in total. The van der Waals surface area contributed by atoms with Gasteiger partial charge in [0.05, 0.1) is 44.9 Å². The zero-order chi connectivity index (χ0) is 26.2. The molecular weight excluding hydrogens is 523 g/mol. The van der Waals surface area contributed by atoms with Crippen molar-refractivity contribution in [1.29, 1.82) is 0 Å². The van der Waals surface area contributed by atoms with Gasteiger partial charge in [-0.05, 0) is 38.0 Å². The smallest absolute Gasteiger partial charge is 0.335 e. The highest BCUT2D eigenvalue weighted by Gasteiger charge is 2.33. The van der Waals surface area contributed by atoms with Gasteiger partial charge in [-0.2, -0.15) is 13.2 Å². The van der Waals surface area contributed by atoms with Gasteiger partial charge in [0.15, 0.2) is 10.8 Å². The van der Waals surface area contributed by atoms with E-state index in [-0.39, 0.29) is 5.91 Å². The standard InChI is InChI=1S/C24H20F3N7OS2/c1-13-21(37-14(2)31-13)18-12-36-23(32-18)33-20-4-3-16(9-30-20)22(35)34-7-5-15(6-8-34)17-10-29-19(11-28-17)24(25,26)27/h3-5,9-12H,6-8H2,1-2H3,(H,30,32,33). The number of anilines is 2. The Hall–Kier alpha value is -3.71. The monoisotopic (exact) mass is 543 g/mol. The van der Waals surface area contributed by atoms with Crippen molar-refractivity contribution in [2.75, 3.05) is 18.4 Å².